The summed E-state index contributed by atoms with van der Waals surface area (Å²) in [7, 11) is 0. The Balaban J connectivity index is 0.000000810. The molecule has 1 heterocycles. The summed E-state index contributed by atoms with van der Waals surface area (Å²) in [6.45, 7) is 0.424. The Morgan fingerprint density at radius 2 is 2.30 bits per heavy atom. The average molecular weight is 163 g/mol. The Labute approximate surface area is 65.8 Å². The number of furan rings is 1. The maximum absolute atomic E-state index is 5.52. The van der Waals surface area contributed by atoms with Gasteiger partial charge >= 0.3 is 0 Å². The van der Waals surface area contributed by atoms with Gasteiger partial charge in [-0.1, -0.05) is 0 Å². The largest absolute Gasteiger partial charge is 0.468 e. The normalized spacial score (nSPS) is 12.2. The molecule has 3 nitrogen and oxygen atoms in total. The van der Waals surface area contributed by atoms with Gasteiger partial charge in [-0.25, -0.2) is 0 Å². The minimum atomic E-state index is -0.153. The van der Waals surface area contributed by atoms with Crippen molar-refractivity contribution in [2.75, 3.05) is 6.54 Å². The molecule has 0 fully saturated rings. The third kappa shape index (κ3) is 2.02. The van der Waals surface area contributed by atoms with Crippen molar-refractivity contribution < 1.29 is 4.42 Å². The molecule has 0 aliphatic rings. The molecule has 58 valence electrons. The van der Waals surface area contributed by atoms with Crippen LogP contribution in [0.4, 0.5) is 0 Å². The van der Waals surface area contributed by atoms with Crippen molar-refractivity contribution in [3.63, 3.8) is 0 Å². The second-order valence-corrected chi connectivity index (χ2v) is 1.86. The first-order valence-electron chi connectivity index (χ1n) is 2.83. The van der Waals surface area contributed by atoms with Crippen LogP contribution in [0.1, 0.15) is 11.8 Å². The van der Waals surface area contributed by atoms with Crippen LogP contribution < -0.4 is 11.5 Å². The standard InChI is InChI=1S/C6H10N2O.ClH/c7-4-5(8)6-2-1-3-9-6;/h1-3,5H,4,7-8H2;1H/t5-;/m1./s1. The second-order valence-electron chi connectivity index (χ2n) is 1.86. The van der Waals surface area contributed by atoms with Crippen LogP contribution in [-0.4, -0.2) is 6.54 Å². The van der Waals surface area contributed by atoms with E-state index < -0.39 is 0 Å². The molecule has 1 rings (SSSR count). The van der Waals surface area contributed by atoms with Crippen LogP contribution in [0, 0.1) is 0 Å². The quantitative estimate of drug-likeness (QED) is 0.672. The van der Waals surface area contributed by atoms with E-state index in [4.69, 9.17) is 15.9 Å². The average Bonchev–Trinajstić information content (AvgIpc) is 2.37. The second kappa shape index (κ2) is 4.33. The van der Waals surface area contributed by atoms with Crippen molar-refractivity contribution in [3.05, 3.63) is 24.2 Å². The minimum absolute atomic E-state index is 0. The zero-order chi connectivity index (χ0) is 6.69. The molecule has 0 radical (unpaired) electrons. The van der Waals surface area contributed by atoms with E-state index in [-0.39, 0.29) is 18.4 Å². The highest BCUT2D eigenvalue weighted by Gasteiger charge is 2.03. The van der Waals surface area contributed by atoms with Crippen molar-refractivity contribution in [3.8, 4) is 0 Å². The van der Waals surface area contributed by atoms with Gasteiger partial charge in [0.1, 0.15) is 5.76 Å². The molecule has 1 atom stereocenters. The molecule has 0 bridgehead atoms. The Hall–Kier alpha value is -0.510. The molecule has 0 saturated heterocycles. The Bertz CT molecular complexity index is 164. The molecular formula is C6H11ClN2O. The summed E-state index contributed by atoms with van der Waals surface area (Å²) in [6, 6.07) is 3.46. The van der Waals surface area contributed by atoms with E-state index >= 15 is 0 Å². The highest BCUT2D eigenvalue weighted by Crippen LogP contribution is 2.07. The van der Waals surface area contributed by atoms with Gasteiger partial charge in [0.2, 0.25) is 0 Å². The van der Waals surface area contributed by atoms with Crippen LogP contribution >= 0.6 is 12.4 Å². The van der Waals surface area contributed by atoms with Crippen LogP contribution in [0.3, 0.4) is 0 Å². The maximum atomic E-state index is 5.52. The van der Waals surface area contributed by atoms with Crippen molar-refractivity contribution in [1.29, 1.82) is 0 Å². The first-order chi connectivity index (χ1) is 4.34. The fourth-order valence-electron chi connectivity index (χ4n) is 0.618. The molecule has 0 unspecified atom stereocenters. The van der Waals surface area contributed by atoms with E-state index in [9.17, 15) is 0 Å². The molecule has 1 aromatic rings. The van der Waals surface area contributed by atoms with Gasteiger partial charge < -0.3 is 15.9 Å². The molecular weight excluding hydrogens is 152 g/mol. The molecule has 0 aromatic carbocycles. The van der Waals surface area contributed by atoms with Gasteiger partial charge in [0.25, 0.3) is 0 Å². The first-order valence-corrected chi connectivity index (χ1v) is 2.83. The zero-order valence-electron chi connectivity index (χ0n) is 5.49. The molecule has 0 saturated carbocycles. The van der Waals surface area contributed by atoms with E-state index in [1.165, 1.54) is 0 Å². The lowest BCUT2D eigenvalue weighted by atomic mass is 10.2. The van der Waals surface area contributed by atoms with Gasteiger partial charge in [0, 0.05) is 6.54 Å². The summed E-state index contributed by atoms with van der Waals surface area (Å²) in [5.41, 5.74) is 10.8. The van der Waals surface area contributed by atoms with E-state index in [1.54, 1.807) is 12.3 Å². The third-order valence-corrected chi connectivity index (χ3v) is 1.16. The molecule has 0 spiro atoms. The van der Waals surface area contributed by atoms with E-state index in [2.05, 4.69) is 0 Å². The van der Waals surface area contributed by atoms with Gasteiger partial charge in [-0.05, 0) is 12.1 Å². The highest BCUT2D eigenvalue weighted by atomic mass is 35.5. The maximum Gasteiger partial charge on any atom is 0.121 e. The lowest BCUT2D eigenvalue weighted by Gasteiger charge is -2.01. The lowest BCUT2D eigenvalue weighted by Crippen LogP contribution is -2.19. The van der Waals surface area contributed by atoms with Crippen LogP contribution in [0.2, 0.25) is 0 Å². The molecule has 1 aromatic heterocycles. The lowest BCUT2D eigenvalue weighted by molar-refractivity contribution is 0.469. The minimum Gasteiger partial charge on any atom is -0.468 e. The highest BCUT2D eigenvalue weighted by molar-refractivity contribution is 5.85. The summed E-state index contributed by atoms with van der Waals surface area (Å²) < 4.78 is 4.98. The number of halogens is 1. The third-order valence-electron chi connectivity index (χ3n) is 1.16. The SMILES string of the molecule is Cl.NC[C@@H](N)c1ccco1. The summed E-state index contributed by atoms with van der Waals surface area (Å²) in [6.07, 6.45) is 1.59. The Kier molecular flexibility index (Phi) is 4.11. The van der Waals surface area contributed by atoms with E-state index in [0.717, 1.165) is 5.76 Å². The van der Waals surface area contributed by atoms with Crippen LogP contribution in [0.5, 0.6) is 0 Å². The van der Waals surface area contributed by atoms with Crippen LogP contribution in [0.25, 0.3) is 0 Å². The molecule has 10 heavy (non-hydrogen) atoms. The Morgan fingerprint density at radius 1 is 1.60 bits per heavy atom. The van der Waals surface area contributed by atoms with Crippen LogP contribution in [0.15, 0.2) is 22.8 Å². The zero-order valence-corrected chi connectivity index (χ0v) is 6.30. The topological polar surface area (TPSA) is 65.2 Å². The van der Waals surface area contributed by atoms with Crippen molar-refractivity contribution >= 4 is 12.4 Å². The monoisotopic (exact) mass is 162 g/mol. The molecule has 4 heteroatoms. The summed E-state index contributed by atoms with van der Waals surface area (Å²) in [5.74, 6) is 0.748. The summed E-state index contributed by atoms with van der Waals surface area (Å²) in [5, 5.41) is 0. The van der Waals surface area contributed by atoms with Gasteiger partial charge in [-0.15, -0.1) is 12.4 Å². The van der Waals surface area contributed by atoms with Gasteiger partial charge in [-0.2, -0.15) is 0 Å². The van der Waals surface area contributed by atoms with E-state index in [1.807, 2.05) is 6.07 Å². The predicted octanol–water partition coefficient (Wildman–Crippen LogP) is 0.660. The number of rotatable bonds is 2. The predicted molar refractivity (Wildman–Crippen MR) is 41.9 cm³/mol. The number of nitrogens with two attached hydrogens (primary N) is 2. The first kappa shape index (κ1) is 9.49. The molecule has 0 aliphatic heterocycles. The summed E-state index contributed by atoms with van der Waals surface area (Å²) >= 11 is 0. The van der Waals surface area contributed by atoms with Crippen molar-refractivity contribution in [2.45, 2.75) is 6.04 Å². The molecule has 4 N–H and O–H groups in total. The Morgan fingerprint density at radius 3 is 2.70 bits per heavy atom. The summed E-state index contributed by atoms with van der Waals surface area (Å²) in [4.78, 5) is 0. The van der Waals surface area contributed by atoms with Crippen LogP contribution in [-0.2, 0) is 0 Å². The van der Waals surface area contributed by atoms with Crippen molar-refractivity contribution in [2.24, 2.45) is 11.5 Å². The fraction of sp³-hybridized carbons (Fsp3) is 0.333. The molecule has 0 aliphatic carbocycles. The van der Waals surface area contributed by atoms with Gasteiger partial charge in [0.15, 0.2) is 0 Å². The van der Waals surface area contributed by atoms with Gasteiger partial charge in [-0.3, -0.25) is 0 Å². The fourth-order valence-corrected chi connectivity index (χ4v) is 0.618. The molecule has 0 amide bonds. The van der Waals surface area contributed by atoms with Gasteiger partial charge in [0.05, 0.1) is 12.3 Å². The smallest absolute Gasteiger partial charge is 0.121 e. The van der Waals surface area contributed by atoms with E-state index in [0.29, 0.717) is 6.54 Å². The van der Waals surface area contributed by atoms with Crippen molar-refractivity contribution in [1.82, 2.24) is 0 Å². The number of hydrogen-bond acceptors (Lipinski definition) is 3. The number of hydrogen-bond donors (Lipinski definition) is 2.